The number of anilines is 2. The molecule has 1 unspecified atom stereocenters. The normalized spacial score (nSPS) is 15.5. The SMILES string of the molecule is Cc1ccccc1C(=O)N(C)c1ccc(C(=O)N2CCCC(O)c3cc(Cl)ccc32)c(C)c1. The number of nitrogens with zero attached hydrogens (tertiary/aromatic N) is 2. The fourth-order valence-corrected chi connectivity index (χ4v) is 4.50. The molecule has 1 aliphatic rings. The van der Waals surface area contributed by atoms with Crippen LogP contribution >= 0.6 is 11.6 Å². The summed E-state index contributed by atoms with van der Waals surface area (Å²) in [6, 6.07) is 18.2. The van der Waals surface area contributed by atoms with Crippen LogP contribution in [0.5, 0.6) is 0 Å². The van der Waals surface area contributed by atoms with Crippen molar-refractivity contribution in [2.24, 2.45) is 0 Å². The van der Waals surface area contributed by atoms with Gasteiger partial charge in [0.05, 0.1) is 6.10 Å². The third-order valence-corrected chi connectivity index (χ3v) is 6.49. The number of benzene rings is 3. The Labute approximate surface area is 199 Å². The Hall–Kier alpha value is -3.15. The van der Waals surface area contributed by atoms with Crippen LogP contribution < -0.4 is 9.80 Å². The Morgan fingerprint density at radius 1 is 1.00 bits per heavy atom. The first kappa shape index (κ1) is 23.0. The Morgan fingerprint density at radius 3 is 2.48 bits per heavy atom. The van der Waals surface area contributed by atoms with Crippen LogP contribution in [0.25, 0.3) is 0 Å². The van der Waals surface area contributed by atoms with E-state index in [1.807, 2.05) is 44.2 Å². The van der Waals surface area contributed by atoms with Crippen LogP contribution in [-0.2, 0) is 0 Å². The molecular weight excluding hydrogens is 436 g/mol. The summed E-state index contributed by atoms with van der Waals surface area (Å²) in [4.78, 5) is 29.8. The van der Waals surface area contributed by atoms with Gasteiger partial charge in [-0.3, -0.25) is 9.59 Å². The van der Waals surface area contributed by atoms with E-state index in [0.29, 0.717) is 46.8 Å². The summed E-state index contributed by atoms with van der Waals surface area (Å²) >= 11 is 6.14. The maximum Gasteiger partial charge on any atom is 0.258 e. The molecule has 33 heavy (non-hydrogen) atoms. The van der Waals surface area contributed by atoms with Gasteiger partial charge in [-0.25, -0.2) is 0 Å². The van der Waals surface area contributed by atoms with E-state index in [4.69, 9.17) is 11.6 Å². The lowest BCUT2D eigenvalue weighted by Gasteiger charge is -2.25. The molecule has 2 amide bonds. The van der Waals surface area contributed by atoms with Gasteiger partial charge in [0.2, 0.25) is 0 Å². The minimum Gasteiger partial charge on any atom is -0.388 e. The van der Waals surface area contributed by atoms with E-state index in [-0.39, 0.29) is 11.8 Å². The minimum absolute atomic E-state index is 0.0983. The third kappa shape index (κ3) is 4.52. The number of aliphatic hydroxyl groups is 1. The number of carbonyl (C=O) groups excluding carboxylic acids is 2. The van der Waals surface area contributed by atoms with Crippen molar-refractivity contribution in [3.8, 4) is 0 Å². The molecule has 0 radical (unpaired) electrons. The van der Waals surface area contributed by atoms with Crippen LogP contribution in [0.4, 0.5) is 11.4 Å². The first-order valence-corrected chi connectivity index (χ1v) is 11.4. The molecule has 5 nitrogen and oxygen atoms in total. The molecule has 1 atom stereocenters. The highest BCUT2D eigenvalue weighted by atomic mass is 35.5. The average Bonchev–Trinajstić information content (AvgIpc) is 2.96. The van der Waals surface area contributed by atoms with Gasteiger partial charge in [0.15, 0.2) is 0 Å². The molecule has 3 aromatic rings. The van der Waals surface area contributed by atoms with Crippen LogP contribution in [-0.4, -0.2) is 30.5 Å². The minimum atomic E-state index is -0.652. The zero-order valence-electron chi connectivity index (χ0n) is 19.0. The number of aryl methyl sites for hydroxylation is 2. The Balaban J connectivity index is 1.63. The lowest BCUT2D eigenvalue weighted by atomic mass is 10.0. The van der Waals surface area contributed by atoms with Crippen molar-refractivity contribution < 1.29 is 14.7 Å². The van der Waals surface area contributed by atoms with Gasteiger partial charge in [0.1, 0.15) is 0 Å². The van der Waals surface area contributed by atoms with Gasteiger partial charge >= 0.3 is 0 Å². The second-order valence-electron chi connectivity index (χ2n) is 8.50. The summed E-state index contributed by atoms with van der Waals surface area (Å²) in [7, 11) is 1.74. The number of hydrogen-bond acceptors (Lipinski definition) is 3. The topological polar surface area (TPSA) is 60.9 Å². The van der Waals surface area contributed by atoms with Gasteiger partial charge in [-0.1, -0.05) is 29.8 Å². The van der Waals surface area contributed by atoms with E-state index < -0.39 is 6.10 Å². The molecule has 3 aromatic carbocycles. The van der Waals surface area contributed by atoms with Crippen molar-refractivity contribution in [1.82, 2.24) is 0 Å². The predicted molar refractivity (Wildman–Crippen MR) is 132 cm³/mol. The van der Waals surface area contributed by atoms with Gasteiger partial charge in [0.25, 0.3) is 11.8 Å². The molecule has 0 spiro atoms. The zero-order valence-corrected chi connectivity index (χ0v) is 19.8. The molecule has 0 aliphatic carbocycles. The van der Waals surface area contributed by atoms with Crippen LogP contribution in [0.15, 0.2) is 60.7 Å². The molecule has 1 N–H and O–H groups in total. The third-order valence-electron chi connectivity index (χ3n) is 6.25. The van der Waals surface area contributed by atoms with Gasteiger partial charge in [0, 0.05) is 46.7 Å². The largest absolute Gasteiger partial charge is 0.388 e. The summed E-state index contributed by atoms with van der Waals surface area (Å²) in [5.74, 6) is -0.233. The van der Waals surface area contributed by atoms with Gasteiger partial charge in [-0.2, -0.15) is 0 Å². The number of hydrogen-bond donors (Lipinski definition) is 1. The predicted octanol–water partition coefficient (Wildman–Crippen LogP) is 5.71. The molecule has 1 heterocycles. The Kier molecular flexibility index (Phi) is 6.54. The van der Waals surface area contributed by atoms with Crippen molar-refractivity contribution in [2.75, 3.05) is 23.4 Å². The van der Waals surface area contributed by atoms with E-state index in [0.717, 1.165) is 16.8 Å². The maximum absolute atomic E-state index is 13.5. The number of aliphatic hydroxyl groups excluding tert-OH is 1. The maximum atomic E-state index is 13.5. The first-order valence-electron chi connectivity index (χ1n) is 11.0. The molecule has 0 aromatic heterocycles. The lowest BCUT2D eigenvalue weighted by molar-refractivity contribution is 0.0982. The molecule has 1 aliphatic heterocycles. The molecule has 4 rings (SSSR count). The van der Waals surface area contributed by atoms with Crippen LogP contribution in [0.2, 0.25) is 5.02 Å². The average molecular weight is 463 g/mol. The highest BCUT2D eigenvalue weighted by molar-refractivity contribution is 6.30. The second-order valence-corrected chi connectivity index (χ2v) is 8.93. The standard InChI is InChI=1S/C27H27ClN2O3/c1-17-7-4-5-8-21(17)26(32)29(3)20-11-12-22(18(2)15-20)27(33)30-14-6-9-25(31)23-16-19(28)10-13-24(23)30/h4-5,7-8,10-13,15-16,25,31H,6,9,14H2,1-3H3. The number of rotatable bonds is 3. The number of fused-ring (bicyclic) bond motifs is 1. The summed E-state index contributed by atoms with van der Waals surface area (Å²) in [6.07, 6.45) is 0.603. The molecular formula is C27H27ClN2O3. The quantitative estimate of drug-likeness (QED) is 0.542. The van der Waals surface area contributed by atoms with Crippen LogP contribution in [0.3, 0.4) is 0 Å². The summed E-state index contributed by atoms with van der Waals surface area (Å²) in [5.41, 5.74) is 4.98. The Morgan fingerprint density at radius 2 is 1.76 bits per heavy atom. The number of carbonyl (C=O) groups is 2. The Bertz CT molecular complexity index is 1220. The van der Waals surface area contributed by atoms with Crippen molar-refractivity contribution in [2.45, 2.75) is 32.8 Å². The van der Waals surface area contributed by atoms with Crippen LogP contribution in [0.1, 0.15) is 56.4 Å². The molecule has 0 saturated heterocycles. The monoisotopic (exact) mass is 462 g/mol. The molecule has 0 saturated carbocycles. The van der Waals surface area contributed by atoms with Crippen molar-refractivity contribution in [1.29, 1.82) is 0 Å². The molecule has 0 bridgehead atoms. The fourth-order valence-electron chi connectivity index (χ4n) is 4.32. The molecule has 170 valence electrons. The van der Waals surface area contributed by atoms with Gasteiger partial charge < -0.3 is 14.9 Å². The number of halogens is 1. The summed E-state index contributed by atoms with van der Waals surface area (Å²) in [6.45, 7) is 4.30. The molecule has 0 fully saturated rings. The van der Waals surface area contributed by atoms with E-state index in [9.17, 15) is 14.7 Å². The zero-order chi connectivity index (χ0) is 23.7. The lowest BCUT2D eigenvalue weighted by Crippen LogP contribution is -2.32. The van der Waals surface area contributed by atoms with E-state index in [1.165, 1.54) is 0 Å². The van der Waals surface area contributed by atoms with Crippen molar-refractivity contribution in [3.63, 3.8) is 0 Å². The van der Waals surface area contributed by atoms with Crippen molar-refractivity contribution >= 4 is 34.8 Å². The van der Waals surface area contributed by atoms with Gasteiger partial charge in [-0.05, 0) is 80.3 Å². The van der Waals surface area contributed by atoms with Gasteiger partial charge in [-0.15, -0.1) is 0 Å². The van der Waals surface area contributed by atoms with Crippen molar-refractivity contribution in [3.05, 3.63) is 93.5 Å². The smallest absolute Gasteiger partial charge is 0.258 e. The second kappa shape index (κ2) is 9.38. The van der Waals surface area contributed by atoms with Crippen LogP contribution in [0, 0.1) is 13.8 Å². The highest BCUT2D eigenvalue weighted by Crippen LogP contribution is 2.36. The van der Waals surface area contributed by atoms with E-state index in [1.54, 1.807) is 47.2 Å². The fraction of sp³-hybridized carbons (Fsp3) is 0.259. The highest BCUT2D eigenvalue weighted by Gasteiger charge is 2.27. The number of amides is 2. The summed E-state index contributed by atoms with van der Waals surface area (Å²) < 4.78 is 0. The summed E-state index contributed by atoms with van der Waals surface area (Å²) in [5, 5.41) is 11.1. The van der Waals surface area contributed by atoms with E-state index in [2.05, 4.69) is 0 Å². The first-order chi connectivity index (χ1) is 15.8. The molecule has 6 heteroatoms. The van der Waals surface area contributed by atoms with E-state index >= 15 is 0 Å².